The Labute approximate surface area is 158 Å². The van der Waals surface area contributed by atoms with Crippen LogP contribution in [-0.2, 0) is 9.84 Å². The minimum absolute atomic E-state index is 0.0293. The van der Waals surface area contributed by atoms with Gasteiger partial charge in [0.15, 0.2) is 9.84 Å². The van der Waals surface area contributed by atoms with E-state index in [2.05, 4.69) is 10.3 Å². The molecule has 3 rings (SSSR count). The number of halogens is 1. The lowest BCUT2D eigenvalue weighted by molar-refractivity contribution is 0.0928. The van der Waals surface area contributed by atoms with E-state index in [1.165, 1.54) is 12.3 Å². The van der Waals surface area contributed by atoms with Gasteiger partial charge < -0.3 is 5.32 Å². The van der Waals surface area contributed by atoms with Crippen LogP contribution in [-0.4, -0.2) is 30.6 Å². The van der Waals surface area contributed by atoms with Gasteiger partial charge in [0.05, 0.1) is 10.1 Å². The second kappa shape index (κ2) is 7.76. The number of nitrogens with one attached hydrogen (secondary N) is 1. The maximum absolute atomic E-state index is 12.8. The highest BCUT2D eigenvalue weighted by Gasteiger charge is 2.32. The Balaban J connectivity index is 1.61. The van der Waals surface area contributed by atoms with E-state index < -0.39 is 15.1 Å². The number of benzene rings is 1. The van der Waals surface area contributed by atoms with Crippen molar-refractivity contribution in [2.24, 2.45) is 0 Å². The summed E-state index contributed by atoms with van der Waals surface area (Å²) in [5, 5.41) is 2.84. The number of sulfone groups is 1. The van der Waals surface area contributed by atoms with Gasteiger partial charge in [0.1, 0.15) is 5.15 Å². The van der Waals surface area contributed by atoms with Crippen molar-refractivity contribution in [2.75, 3.05) is 0 Å². The number of hydrogen-bond acceptors (Lipinski definition) is 4. The van der Waals surface area contributed by atoms with E-state index >= 15 is 0 Å². The van der Waals surface area contributed by atoms with Crippen molar-refractivity contribution in [2.45, 2.75) is 48.8 Å². The zero-order valence-corrected chi connectivity index (χ0v) is 16.1. The van der Waals surface area contributed by atoms with Crippen LogP contribution in [0.4, 0.5) is 0 Å². The third kappa shape index (κ3) is 4.24. The van der Waals surface area contributed by atoms with E-state index in [1.807, 2.05) is 13.0 Å². The Bertz CT molecular complexity index is 907. The summed E-state index contributed by atoms with van der Waals surface area (Å²) in [5.41, 5.74) is 1.39. The normalized spacial score (nSPS) is 20.5. The largest absolute Gasteiger partial charge is 0.349 e. The van der Waals surface area contributed by atoms with Crippen molar-refractivity contribution in [3.63, 3.8) is 0 Å². The smallest absolute Gasteiger partial charge is 0.251 e. The van der Waals surface area contributed by atoms with E-state index in [0.29, 0.717) is 36.1 Å². The van der Waals surface area contributed by atoms with Gasteiger partial charge in [-0.25, -0.2) is 13.4 Å². The molecule has 0 aliphatic heterocycles. The second-order valence-electron chi connectivity index (χ2n) is 6.68. The molecule has 1 aliphatic rings. The minimum atomic E-state index is -3.33. The molecule has 0 radical (unpaired) electrons. The van der Waals surface area contributed by atoms with Crippen molar-refractivity contribution in [1.82, 2.24) is 10.3 Å². The average molecular weight is 393 g/mol. The first-order valence-corrected chi connectivity index (χ1v) is 10.5. The molecule has 0 saturated heterocycles. The van der Waals surface area contributed by atoms with Gasteiger partial charge >= 0.3 is 0 Å². The summed E-state index contributed by atoms with van der Waals surface area (Å²) in [6.45, 7) is 1.89. The molecule has 1 amide bonds. The maximum Gasteiger partial charge on any atom is 0.251 e. The van der Waals surface area contributed by atoms with Gasteiger partial charge in [0.2, 0.25) is 0 Å². The average Bonchev–Trinajstić information content (AvgIpc) is 2.62. The highest BCUT2D eigenvalue weighted by molar-refractivity contribution is 7.92. The predicted octanol–water partition coefficient (Wildman–Crippen LogP) is 3.56. The van der Waals surface area contributed by atoms with Crippen LogP contribution in [0.5, 0.6) is 0 Å². The van der Waals surface area contributed by atoms with Crippen molar-refractivity contribution in [1.29, 1.82) is 0 Å². The van der Waals surface area contributed by atoms with Crippen LogP contribution in [0.2, 0.25) is 5.15 Å². The van der Waals surface area contributed by atoms with Gasteiger partial charge in [-0.05, 0) is 62.4 Å². The van der Waals surface area contributed by atoms with Crippen LogP contribution in [0.1, 0.15) is 41.6 Å². The Hall–Kier alpha value is -1.92. The molecule has 1 aromatic carbocycles. The summed E-state index contributed by atoms with van der Waals surface area (Å²) in [6.07, 6.45) is 3.85. The van der Waals surface area contributed by atoms with E-state index in [4.69, 9.17) is 11.6 Å². The number of hydrogen-bond donors (Lipinski definition) is 1. The molecule has 26 heavy (non-hydrogen) atoms. The molecule has 138 valence electrons. The van der Waals surface area contributed by atoms with Gasteiger partial charge in [0.25, 0.3) is 5.91 Å². The first-order valence-electron chi connectivity index (χ1n) is 8.59. The van der Waals surface area contributed by atoms with Gasteiger partial charge in [-0.2, -0.15) is 0 Å². The third-order valence-corrected chi connectivity index (χ3v) is 7.22. The summed E-state index contributed by atoms with van der Waals surface area (Å²) in [6, 6.07) is 10.1. The van der Waals surface area contributed by atoms with Gasteiger partial charge in [-0.3, -0.25) is 4.79 Å². The Morgan fingerprint density at radius 3 is 2.54 bits per heavy atom. The molecule has 1 heterocycles. The highest BCUT2D eigenvalue weighted by Crippen LogP contribution is 2.29. The Morgan fingerprint density at radius 2 is 1.88 bits per heavy atom. The number of rotatable bonds is 4. The van der Waals surface area contributed by atoms with E-state index in [-0.39, 0.29) is 17.1 Å². The molecule has 1 N–H and O–H groups in total. The van der Waals surface area contributed by atoms with E-state index in [9.17, 15) is 13.2 Å². The second-order valence-corrected chi connectivity index (χ2v) is 9.29. The van der Waals surface area contributed by atoms with Crippen LogP contribution in [0, 0.1) is 6.92 Å². The molecule has 1 fully saturated rings. The summed E-state index contributed by atoms with van der Waals surface area (Å²) in [7, 11) is -3.33. The fourth-order valence-electron chi connectivity index (χ4n) is 3.31. The summed E-state index contributed by atoms with van der Waals surface area (Å²) in [4.78, 5) is 16.5. The van der Waals surface area contributed by atoms with Gasteiger partial charge in [0, 0.05) is 17.8 Å². The van der Waals surface area contributed by atoms with Crippen molar-refractivity contribution < 1.29 is 13.2 Å². The SMILES string of the molecule is Cc1cccc(S(=O)(=O)[C@H]2CC[C@H](NC(=O)c3ccnc(Cl)c3)CC2)c1. The Kier molecular flexibility index (Phi) is 5.63. The maximum atomic E-state index is 12.8. The molecule has 1 aliphatic carbocycles. The lowest BCUT2D eigenvalue weighted by atomic mass is 9.95. The first-order chi connectivity index (χ1) is 12.4. The topological polar surface area (TPSA) is 76.1 Å². The number of nitrogens with zero attached hydrogens (tertiary/aromatic N) is 1. The minimum Gasteiger partial charge on any atom is -0.349 e. The molecule has 0 spiro atoms. The third-order valence-electron chi connectivity index (χ3n) is 4.76. The standard InChI is InChI=1S/C19H21ClN2O3S/c1-13-3-2-4-17(11-13)26(24,25)16-7-5-15(6-8-16)22-19(23)14-9-10-21-18(20)12-14/h2-4,9-12,15-16H,5-8H2,1H3,(H,22,23)/t15-,16-. The van der Waals surface area contributed by atoms with E-state index in [1.54, 1.807) is 24.3 Å². The molecule has 7 heteroatoms. The molecule has 0 atom stereocenters. The van der Waals surface area contributed by atoms with Crippen LogP contribution in [0.15, 0.2) is 47.5 Å². The molecule has 1 saturated carbocycles. The first kappa shape index (κ1) is 18.9. The molecule has 0 bridgehead atoms. The summed E-state index contributed by atoms with van der Waals surface area (Å²) in [5.74, 6) is -0.209. The summed E-state index contributed by atoms with van der Waals surface area (Å²) >= 11 is 5.81. The van der Waals surface area contributed by atoms with Gasteiger partial charge in [-0.1, -0.05) is 23.7 Å². The number of carbonyl (C=O) groups excluding carboxylic acids is 1. The molecular weight excluding hydrogens is 372 g/mol. The van der Waals surface area contributed by atoms with Crippen LogP contribution >= 0.6 is 11.6 Å². The van der Waals surface area contributed by atoms with Crippen LogP contribution in [0.25, 0.3) is 0 Å². The fourth-order valence-corrected chi connectivity index (χ4v) is 5.38. The van der Waals surface area contributed by atoms with Crippen LogP contribution < -0.4 is 5.32 Å². The van der Waals surface area contributed by atoms with Crippen molar-refractivity contribution >= 4 is 27.3 Å². The molecule has 2 aromatic rings. The summed E-state index contributed by atoms with van der Waals surface area (Å²) < 4.78 is 25.6. The molecule has 1 aromatic heterocycles. The lowest BCUT2D eigenvalue weighted by Gasteiger charge is -2.29. The Morgan fingerprint density at radius 1 is 1.15 bits per heavy atom. The number of aryl methyl sites for hydroxylation is 1. The number of carbonyl (C=O) groups is 1. The predicted molar refractivity (Wildman–Crippen MR) is 101 cm³/mol. The zero-order valence-electron chi connectivity index (χ0n) is 14.5. The zero-order chi connectivity index (χ0) is 18.7. The molecule has 0 unspecified atom stereocenters. The quantitative estimate of drug-likeness (QED) is 0.807. The number of amides is 1. The number of pyridine rings is 1. The van der Waals surface area contributed by atoms with Gasteiger partial charge in [-0.15, -0.1) is 0 Å². The molecular formula is C19H21ClN2O3S. The fraction of sp³-hybridized carbons (Fsp3) is 0.368. The highest BCUT2D eigenvalue weighted by atomic mass is 35.5. The van der Waals surface area contributed by atoms with Crippen molar-refractivity contribution in [3.8, 4) is 0 Å². The van der Waals surface area contributed by atoms with E-state index in [0.717, 1.165) is 5.56 Å². The lowest BCUT2D eigenvalue weighted by Crippen LogP contribution is -2.40. The molecule has 5 nitrogen and oxygen atoms in total. The van der Waals surface area contributed by atoms with Crippen LogP contribution in [0.3, 0.4) is 0 Å². The number of aromatic nitrogens is 1. The monoisotopic (exact) mass is 392 g/mol. The van der Waals surface area contributed by atoms with Crippen molar-refractivity contribution in [3.05, 3.63) is 58.9 Å².